The normalized spacial score (nSPS) is 13.0. The molecular formula is C18H19N5O3. The minimum absolute atomic E-state index is 0.333. The zero-order chi connectivity index (χ0) is 18.1. The fourth-order valence-electron chi connectivity index (χ4n) is 3.28. The average molecular weight is 353 g/mol. The highest BCUT2D eigenvalue weighted by Crippen LogP contribution is 2.22. The molecule has 26 heavy (non-hydrogen) atoms. The number of urea groups is 1. The van der Waals surface area contributed by atoms with E-state index in [9.17, 15) is 9.59 Å². The summed E-state index contributed by atoms with van der Waals surface area (Å²) in [7, 11) is 0. The van der Waals surface area contributed by atoms with Crippen LogP contribution in [0.15, 0.2) is 27.4 Å². The van der Waals surface area contributed by atoms with Crippen molar-refractivity contribution in [3.05, 3.63) is 51.5 Å². The average Bonchev–Trinajstić information content (AvgIpc) is 3.20. The predicted octanol–water partition coefficient (Wildman–Crippen LogP) is 2.07. The Kier molecular flexibility index (Phi) is 4.16. The van der Waals surface area contributed by atoms with Gasteiger partial charge in [0.2, 0.25) is 0 Å². The minimum atomic E-state index is -0.522. The molecule has 0 aliphatic heterocycles. The van der Waals surface area contributed by atoms with Crippen LogP contribution in [0.1, 0.15) is 29.2 Å². The third-order valence-electron chi connectivity index (χ3n) is 4.50. The van der Waals surface area contributed by atoms with Crippen LogP contribution < -0.4 is 16.4 Å². The molecule has 2 heterocycles. The highest BCUT2D eigenvalue weighted by molar-refractivity contribution is 5.91. The Hall–Kier alpha value is -3.16. The third kappa shape index (κ3) is 3.30. The maximum Gasteiger partial charge on any atom is 0.417 e. The van der Waals surface area contributed by atoms with Crippen LogP contribution in [0, 0.1) is 6.92 Å². The lowest BCUT2D eigenvalue weighted by Gasteiger charge is -2.09. The summed E-state index contributed by atoms with van der Waals surface area (Å²) in [5.74, 6) is 0.241. The number of hydrogen-bond acceptors (Lipinski definition) is 5. The van der Waals surface area contributed by atoms with Crippen molar-refractivity contribution in [3.8, 4) is 0 Å². The second-order valence-electron chi connectivity index (χ2n) is 6.36. The number of aryl methyl sites for hydroxylation is 2. The van der Waals surface area contributed by atoms with Crippen LogP contribution in [-0.4, -0.2) is 27.5 Å². The lowest BCUT2D eigenvalue weighted by Crippen LogP contribution is -2.30. The van der Waals surface area contributed by atoms with Crippen molar-refractivity contribution in [2.75, 3.05) is 11.9 Å². The zero-order valence-corrected chi connectivity index (χ0v) is 14.4. The quantitative estimate of drug-likeness (QED) is 0.664. The minimum Gasteiger partial charge on any atom is -0.408 e. The number of anilines is 1. The Morgan fingerprint density at radius 1 is 1.31 bits per heavy atom. The van der Waals surface area contributed by atoms with E-state index in [1.54, 1.807) is 18.2 Å². The summed E-state index contributed by atoms with van der Waals surface area (Å²) in [4.78, 5) is 34.9. The van der Waals surface area contributed by atoms with Gasteiger partial charge in [-0.25, -0.2) is 19.6 Å². The summed E-state index contributed by atoms with van der Waals surface area (Å²) in [6, 6.07) is 4.64. The molecule has 0 saturated heterocycles. The molecule has 1 aromatic carbocycles. The van der Waals surface area contributed by atoms with Crippen LogP contribution in [0.25, 0.3) is 11.1 Å². The standard InChI is InChI=1S/C18H19N5O3/c1-10-12-3-2-4-13(12)22-16(20-10)7-8-19-17(24)21-11-5-6-14-15(9-11)26-18(25)23-14/h5-6,9H,2-4,7-8H2,1H3,(H,23,25)(H2,19,21,24). The van der Waals surface area contributed by atoms with Gasteiger partial charge in [0.15, 0.2) is 5.58 Å². The van der Waals surface area contributed by atoms with Crippen molar-refractivity contribution in [2.45, 2.75) is 32.6 Å². The molecule has 1 aliphatic carbocycles. The van der Waals surface area contributed by atoms with E-state index in [0.29, 0.717) is 29.8 Å². The van der Waals surface area contributed by atoms with Gasteiger partial charge < -0.3 is 15.1 Å². The van der Waals surface area contributed by atoms with Crippen LogP contribution in [0.3, 0.4) is 0 Å². The van der Waals surface area contributed by atoms with Gasteiger partial charge >= 0.3 is 11.8 Å². The fraction of sp³-hybridized carbons (Fsp3) is 0.333. The van der Waals surface area contributed by atoms with Crippen LogP contribution in [0.2, 0.25) is 0 Å². The topological polar surface area (TPSA) is 113 Å². The number of nitrogens with one attached hydrogen (secondary N) is 3. The molecule has 0 atom stereocenters. The second-order valence-corrected chi connectivity index (χ2v) is 6.36. The molecule has 0 spiro atoms. The molecule has 3 N–H and O–H groups in total. The highest BCUT2D eigenvalue weighted by atomic mass is 16.4. The van der Waals surface area contributed by atoms with Gasteiger partial charge in [0.1, 0.15) is 5.82 Å². The molecule has 4 rings (SSSR count). The van der Waals surface area contributed by atoms with Gasteiger partial charge in [-0.15, -0.1) is 0 Å². The highest BCUT2D eigenvalue weighted by Gasteiger charge is 2.16. The Balaban J connectivity index is 1.33. The van der Waals surface area contributed by atoms with Gasteiger partial charge in [0, 0.05) is 36.1 Å². The largest absolute Gasteiger partial charge is 0.417 e. The van der Waals surface area contributed by atoms with E-state index in [0.717, 1.165) is 36.5 Å². The number of hydrogen-bond donors (Lipinski definition) is 3. The van der Waals surface area contributed by atoms with Crippen molar-refractivity contribution < 1.29 is 9.21 Å². The number of nitrogens with zero attached hydrogens (tertiary/aromatic N) is 2. The maximum absolute atomic E-state index is 12.0. The first kappa shape index (κ1) is 16.3. The van der Waals surface area contributed by atoms with Crippen molar-refractivity contribution in [2.24, 2.45) is 0 Å². The van der Waals surface area contributed by atoms with Crippen molar-refractivity contribution in [1.82, 2.24) is 20.3 Å². The van der Waals surface area contributed by atoms with Crippen LogP contribution in [0.5, 0.6) is 0 Å². The maximum atomic E-state index is 12.0. The molecule has 134 valence electrons. The summed E-state index contributed by atoms with van der Waals surface area (Å²) in [6.07, 6.45) is 3.79. The molecule has 2 aromatic heterocycles. The third-order valence-corrected chi connectivity index (χ3v) is 4.50. The first-order chi connectivity index (χ1) is 12.6. The molecule has 1 aliphatic rings. The van der Waals surface area contributed by atoms with Crippen LogP contribution in [-0.2, 0) is 19.3 Å². The van der Waals surface area contributed by atoms with Crippen molar-refractivity contribution in [3.63, 3.8) is 0 Å². The van der Waals surface area contributed by atoms with Gasteiger partial charge in [0.25, 0.3) is 0 Å². The summed E-state index contributed by atoms with van der Waals surface area (Å²) in [5.41, 5.74) is 5.01. The molecule has 0 radical (unpaired) electrons. The molecule has 3 aromatic rings. The Morgan fingerprint density at radius 3 is 3.08 bits per heavy atom. The van der Waals surface area contributed by atoms with E-state index in [-0.39, 0.29) is 6.03 Å². The first-order valence-corrected chi connectivity index (χ1v) is 8.61. The molecule has 8 heteroatoms. The zero-order valence-electron chi connectivity index (χ0n) is 14.4. The molecule has 0 fully saturated rings. The van der Waals surface area contributed by atoms with E-state index in [2.05, 4.69) is 25.6 Å². The molecule has 0 unspecified atom stereocenters. The molecule has 8 nitrogen and oxygen atoms in total. The van der Waals surface area contributed by atoms with Gasteiger partial charge in [-0.05, 0) is 43.9 Å². The second kappa shape index (κ2) is 6.62. The lowest BCUT2D eigenvalue weighted by molar-refractivity contribution is 0.252. The van der Waals surface area contributed by atoms with Crippen LogP contribution in [0.4, 0.5) is 10.5 Å². The Labute approximate surface area is 149 Å². The predicted molar refractivity (Wildman–Crippen MR) is 96.4 cm³/mol. The number of aromatic amines is 1. The Morgan fingerprint density at radius 2 is 2.19 bits per heavy atom. The van der Waals surface area contributed by atoms with Gasteiger partial charge in [-0.3, -0.25) is 4.98 Å². The fourth-order valence-corrected chi connectivity index (χ4v) is 3.28. The molecule has 0 saturated carbocycles. The van der Waals surface area contributed by atoms with Gasteiger partial charge in [0.05, 0.1) is 5.52 Å². The summed E-state index contributed by atoms with van der Waals surface area (Å²) in [6.45, 7) is 2.45. The molecule has 2 amide bonds. The van der Waals surface area contributed by atoms with E-state index >= 15 is 0 Å². The number of oxazole rings is 1. The van der Waals surface area contributed by atoms with Crippen molar-refractivity contribution in [1.29, 1.82) is 0 Å². The number of amides is 2. The Bertz CT molecular complexity index is 1040. The lowest BCUT2D eigenvalue weighted by atomic mass is 10.2. The number of benzene rings is 1. The van der Waals surface area contributed by atoms with Crippen molar-refractivity contribution >= 4 is 22.8 Å². The first-order valence-electron chi connectivity index (χ1n) is 8.61. The SMILES string of the molecule is Cc1nc(CCNC(=O)Nc2ccc3[nH]c(=O)oc3c2)nc2c1CCC2. The number of aromatic nitrogens is 3. The van der Waals surface area contributed by atoms with Gasteiger partial charge in [-0.1, -0.05) is 0 Å². The molecular weight excluding hydrogens is 334 g/mol. The van der Waals surface area contributed by atoms with Gasteiger partial charge in [-0.2, -0.15) is 0 Å². The summed E-state index contributed by atoms with van der Waals surface area (Å²) in [5, 5.41) is 5.51. The summed E-state index contributed by atoms with van der Waals surface area (Å²) >= 11 is 0. The monoisotopic (exact) mass is 353 g/mol. The van der Waals surface area contributed by atoms with E-state index in [1.165, 1.54) is 5.56 Å². The number of carbonyl (C=O) groups excluding carboxylic acids is 1. The number of rotatable bonds is 4. The van der Waals surface area contributed by atoms with E-state index in [1.807, 2.05) is 6.92 Å². The van der Waals surface area contributed by atoms with E-state index < -0.39 is 5.76 Å². The van der Waals surface area contributed by atoms with Crippen LogP contribution >= 0.6 is 0 Å². The number of H-pyrrole nitrogens is 1. The summed E-state index contributed by atoms with van der Waals surface area (Å²) < 4.78 is 4.98. The number of fused-ring (bicyclic) bond motifs is 2. The molecule has 0 bridgehead atoms. The number of carbonyl (C=O) groups is 1. The van der Waals surface area contributed by atoms with E-state index in [4.69, 9.17) is 4.42 Å². The smallest absolute Gasteiger partial charge is 0.408 e.